The van der Waals surface area contributed by atoms with Crippen molar-refractivity contribution in [3.05, 3.63) is 46.2 Å². The first-order valence-corrected chi connectivity index (χ1v) is 5.28. The maximum atomic E-state index is 11.3. The second-order valence-electron chi connectivity index (χ2n) is 4.15. The van der Waals surface area contributed by atoms with E-state index in [0.29, 0.717) is 0 Å². The lowest BCUT2D eigenvalue weighted by Gasteiger charge is -2.19. The Morgan fingerprint density at radius 1 is 1.20 bits per heavy atom. The molecule has 0 radical (unpaired) electrons. The van der Waals surface area contributed by atoms with Crippen LogP contribution < -0.4 is 5.56 Å². The Hall–Kier alpha value is -1.22. The molecule has 2 rings (SSSR count). The first kappa shape index (κ1) is 10.3. The second-order valence-corrected chi connectivity index (χ2v) is 5.27. The number of aromatic amines is 1. The van der Waals surface area contributed by atoms with Gasteiger partial charge in [-0.3, -0.25) is 4.79 Å². The van der Waals surface area contributed by atoms with Gasteiger partial charge >= 0.3 is 0 Å². The van der Waals surface area contributed by atoms with E-state index in [-0.39, 0.29) is 10.3 Å². The third kappa shape index (κ3) is 1.92. The molecule has 0 aliphatic heterocycles. The van der Waals surface area contributed by atoms with Crippen molar-refractivity contribution in [2.24, 2.45) is 0 Å². The van der Waals surface area contributed by atoms with E-state index in [1.54, 1.807) is 0 Å². The maximum absolute atomic E-state index is 11.3. The number of para-hydroxylation sites is 1. The minimum atomic E-state index is -0.260. The summed E-state index contributed by atoms with van der Waals surface area (Å²) < 4.78 is -0.260. The van der Waals surface area contributed by atoms with Gasteiger partial charge in [0.15, 0.2) is 0 Å². The van der Waals surface area contributed by atoms with Gasteiger partial charge in [0.1, 0.15) is 0 Å². The summed E-state index contributed by atoms with van der Waals surface area (Å²) in [6.45, 7) is 4.02. The minimum Gasteiger partial charge on any atom is -0.322 e. The number of aromatic nitrogens is 1. The fourth-order valence-corrected chi connectivity index (χ4v) is 1.88. The van der Waals surface area contributed by atoms with Crippen LogP contribution in [0.2, 0.25) is 0 Å². The van der Waals surface area contributed by atoms with Gasteiger partial charge in [-0.2, -0.15) is 12.6 Å². The molecule has 15 heavy (non-hydrogen) atoms. The molecule has 0 bridgehead atoms. The highest BCUT2D eigenvalue weighted by Crippen LogP contribution is 2.31. The number of hydrogen-bond acceptors (Lipinski definition) is 2. The van der Waals surface area contributed by atoms with E-state index >= 15 is 0 Å². The molecule has 1 N–H and O–H groups in total. The van der Waals surface area contributed by atoms with Crippen molar-refractivity contribution in [2.45, 2.75) is 18.6 Å². The third-order valence-electron chi connectivity index (χ3n) is 2.42. The van der Waals surface area contributed by atoms with E-state index in [4.69, 9.17) is 0 Å². The monoisotopic (exact) mass is 219 g/mol. The van der Waals surface area contributed by atoms with Crippen LogP contribution in [0.15, 0.2) is 35.1 Å². The van der Waals surface area contributed by atoms with Crippen LogP contribution in [0.3, 0.4) is 0 Å². The molecule has 0 saturated heterocycles. The molecule has 0 spiro atoms. The zero-order chi connectivity index (χ0) is 11.1. The summed E-state index contributed by atoms with van der Waals surface area (Å²) in [5.41, 5.74) is 1.85. The summed E-state index contributed by atoms with van der Waals surface area (Å²) in [6.07, 6.45) is 0. The van der Waals surface area contributed by atoms with E-state index < -0.39 is 0 Å². The van der Waals surface area contributed by atoms with Crippen molar-refractivity contribution < 1.29 is 0 Å². The Kier molecular flexibility index (Phi) is 2.35. The molecule has 2 nitrogen and oxygen atoms in total. The van der Waals surface area contributed by atoms with E-state index in [9.17, 15) is 4.79 Å². The predicted octanol–water partition coefficient (Wildman–Crippen LogP) is 2.69. The summed E-state index contributed by atoms with van der Waals surface area (Å²) in [7, 11) is 0. The number of benzene rings is 1. The lowest BCUT2D eigenvalue weighted by atomic mass is 9.99. The Morgan fingerprint density at radius 2 is 1.93 bits per heavy atom. The van der Waals surface area contributed by atoms with Crippen molar-refractivity contribution in [1.29, 1.82) is 0 Å². The van der Waals surface area contributed by atoms with Crippen LogP contribution in [0.5, 0.6) is 0 Å². The van der Waals surface area contributed by atoms with Gasteiger partial charge in [-0.05, 0) is 30.9 Å². The topological polar surface area (TPSA) is 32.9 Å². The third-order valence-corrected chi connectivity index (χ3v) is 2.66. The largest absolute Gasteiger partial charge is 0.322 e. The zero-order valence-electron chi connectivity index (χ0n) is 8.74. The van der Waals surface area contributed by atoms with E-state index in [1.165, 1.54) is 6.07 Å². The number of fused-ring (bicyclic) bond motifs is 1. The van der Waals surface area contributed by atoms with Crippen LogP contribution in [0.25, 0.3) is 10.9 Å². The first-order valence-electron chi connectivity index (χ1n) is 4.83. The van der Waals surface area contributed by atoms with Crippen molar-refractivity contribution in [3.8, 4) is 0 Å². The summed E-state index contributed by atoms with van der Waals surface area (Å²) in [5, 5.41) is 1.04. The van der Waals surface area contributed by atoms with E-state index in [0.717, 1.165) is 16.5 Å². The van der Waals surface area contributed by atoms with Crippen molar-refractivity contribution >= 4 is 23.5 Å². The average molecular weight is 219 g/mol. The Balaban J connectivity index is 2.86. The van der Waals surface area contributed by atoms with Crippen LogP contribution >= 0.6 is 12.6 Å². The van der Waals surface area contributed by atoms with E-state index in [1.807, 2.05) is 38.1 Å². The maximum Gasteiger partial charge on any atom is 0.248 e. The van der Waals surface area contributed by atoms with Crippen molar-refractivity contribution in [1.82, 2.24) is 4.98 Å². The Labute approximate surface area is 93.7 Å². The predicted molar refractivity (Wildman–Crippen MR) is 66.6 cm³/mol. The van der Waals surface area contributed by atoms with Crippen molar-refractivity contribution in [2.75, 3.05) is 0 Å². The van der Waals surface area contributed by atoms with Gasteiger partial charge in [-0.1, -0.05) is 18.2 Å². The molecule has 1 heterocycles. The molecule has 1 aromatic carbocycles. The molecule has 0 aliphatic carbocycles. The Bertz CT molecular complexity index is 551. The lowest BCUT2D eigenvalue weighted by Crippen LogP contribution is -2.12. The molecule has 0 unspecified atom stereocenters. The standard InChI is InChI=1S/C12H13NOS/c1-12(2,15)9-5-3-4-8-6-7-10(14)13-11(8)9/h3-7,15H,1-2H3,(H,13,14). The molecular formula is C12H13NOS. The van der Waals surface area contributed by atoms with E-state index in [2.05, 4.69) is 17.6 Å². The van der Waals surface area contributed by atoms with Gasteiger partial charge < -0.3 is 4.98 Å². The smallest absolute Gasteiger partial charge is 0.248 e. The average Bonchev–Trinajstić information content (AvgIpc) is 2.15. The highest BCUT2D eigenvalue weighted by Gasteiger charge is 2.17. The quantitative estimate of drug-likeness (QED) is 0.710. The summed E-state index contributed by atoms with van der Waals surface area (Å²) in [4.78, 5) is 14.1. The number of thiol groups is 1. The molecule has 0 fully saturated rings. The highest BCUT2D eigenvalue weighted by molar-refractivity contribution is 7.81. The molecular weight excluding hydrogens is 206 g/mol. The molecule has 0 atom stereocenters. The summed E-state index contributed by atoms with van der Waals surface area (Å²) >= 11 is 4.53. The summed E-state index contributed by atoms with van der Waals surface area (Å²) in [6, 6.07) is 9.32. The SMILES string of the molecule is CC(C)(S)c1cccc2ccc(=O)[nH]c12. The number of hydrogen-bond donors (Lipinski definition) is 2. The van der Waals surface area contributed by atoms with Gasteiger partial charge in [0, 0.05) is 10.8 Å². The number of pyridine rings is 1. The molecule has 0 saturated carbocycles. The second kappa shape index (κ2) is 3.42. The van der Waals surface area contributed by atoms with Gasteiger partial charge in [-0.25, -0.2) is 0 Å². The number of H-pyrrole nitrogens is 1. The van der Waals surface area contributed by atoms with Crippen molar-refractivity contribution in [3.63, 3.8) is 0 Å². The Morgan fingerprint density at radius 3 is 2.60 bits per heavy atom. The molecule has 78 valence electrons. The molecule has 0 aliphatic rings. The summed E-state index contributed by atoms with van der Waals surface area (Å²) in [5.74, 6) is 0. The van der Waals surface area contributed by atoms with Gasteiger partial charge in [0.2, 0.25) is 5.56 Å². The fourth-order valence-electron chi connectivity index (χ4n) is 1.69. The molecule has 0 amide bonds. The van der Waals surface area contributed by atoms with Gasteiger partial charge in [-0.15, -0.1) is 0 Å². The molecule has 3 heteroatoms. The first-order chi connectivity index (χ1) is 6.98. The lowest BCUT2D eigenvalue weighted by molar-refractivity contribution is 0.797. The van der Waals surface area contributed by atoms with Gasteiger partial charge in [0.25, 0.3) is 0 Å². The number of rotatable bonds is 1. The number of nitrogens with one attached hydrogen (secondary N) is 1. The molecule has 2 aromatic rings. The highest BCUT2D eigenvalue weighted by atomic mass is 32.1. The normalized spacial score (nSPS) is 11.9. The van der Waals surface area contributed by atoms with Crippen LogP contribution in [0.1, 0.15) is 19.4 Å². The van der Waals surface area contributed by atoms with Gasteiger partial charge in [0.05, 0.1) is 5.52 Å². The zero-order valence-corrected chi connectivity index (χ0v) is 9.64. The minimum absolute atomic E-state index is 0.0764. The van der Waals surface area contributed by atoms with Crippen LogP contribution in [-0.4, -0.2) is 4.98 Å². The fraction of sp³-hybridized carbons (Fsp3) is 0.250. The molecule has 1 aromatic heterocycles. The van der Waals surface area contributed by atoms with Crippen LogP contribution in [0.4, 0.5) is 0 Å². The van der Waals surface area contributed by atoms with Crippen LogP contribution in [0, 0.1) is 0 Å². The van der Waals surface area contributed by atoms with Crippen LogP contribution in [-0.2, 0) is 4.75 Å².